The van der Waals surface area contributed by atoms with Crippen molar-refractivity contribution in [3.8, 4) is 0 Å². The first-order valence-corrected chi connectivity index (χ1v) is 5.48. The maximum atomic E-state index is 11.2. The van der Waals surface area contributed by atoms with E-state index in [0.717, 1.165) is 0 Å². The van der Waals surface area contributed by atoms with Gasteiger partial charge in [0, 0.05) is 6.04 Å². The maximum absolute atomic E-state index is 11.2. The molecule has 3 heteroatoms. The van der Waals surface area contributed by atoms with Crippen LogP contribution in [0.15, 0.2) is 0 Å². The number of halogens is 1. The second-order valence-corrected chi connectivity index (χ2v) is 4.81. The summed E-state index contributed by atoms with van der Waals surface area (Å²) in [5.41, 5.74) is 0. The van der Waals surface area contributed by atoms with E-state index in [1.165, 1.54) is 25.7 Å². The van der Waals surface area contributed by atoms with E-state index >= 15 is 0 Å². The number of alkyl halides is 1. The van der Waals surface area contributed by atoms with Gasteiger partial charge in [-0.15, -0.1) is 0 Å². The van der Waals surface area contributed by atoms with Crippen molar-refractivity contribution in [1.29, 1.82) is 0 Å². The Hall–Kier alpha value is 0.200. The molecule has 3 atom stereocenters. The molecular weight excluding hydrogens is 253 g/mol. The molecule has 1 heterocycles. The molecule has 0 spiro atoms. The zero-order chi connectivity index (χ0) is 7.84. The first-order valence-electron chi connectivity index (χ1n) is 4.23. The topological polar surface area (TPSA) is 29.1 Å². The summed E-state index contributed by atoms with van der Waals surface area (Å²) in [4.78, 5) is 11.2. The third-order valence-corrected chi connectivity index (χ3v) is 4.26. The van der Waals surface area contributed by atoms with Crippen molar-refractivity contribution in [1.82, 2.24) is 5.32 Å². The van der Waals surface area contributed by atoms with Crippen LogP contribution in [0.4, 0.5) is 0 Å². The molecule has 1 aliphatic heterocycles. The van der Waals surface area contributed by atoms with E-state index in [9.17, 15) is 4.79 Å². The molecule has 62 valence electrons. The Balaban J connectivity index is 2.11. The first kappa shape index (κ1) is 7.83. The molecule has 0 radical (unpaired) electrons. The van der Waals surface area contributed by atoms with Gasteiger partial charge in [-0.25, -0.2) is 0 Å². The van der Waals surface area contributed by atoms with Gasteiger partial charge in [-0.3, -0.25) is 4.79 Å². The number of rotatable bonds is 0. The van der Waals surface area contributed by atoms with Crippen LogP contribution in [0.1, 0.15) is 25.7 Å². The fraction of sp³-hybridized carbons (Fsp3) is 0.875. The minimum atomic E-state index is 0.248. The Kier molecular flexibility index (Phi) is 2.08. The fourth-order valence-corrected chi connectivity index (χ4v) is 3.19. The number of amides is 1. The van der Waals surface area contributed by atoms with E-state index < -0.39 is 0 Å². The Morgan fingerprint density at radius 1 is 1.36 bits per heavy atom. The molecule has 1 N–H and O–H groups in total. The first-order chi connectivity index (χ1) is 5.29. The quantitative estimate of drug-likeness (QED) is 0.521. The molecule has 2 aliphatic rings. The summed E-state index contributed by atoms with van der Waals surface area (Å²) in [6, 6.07) is 0.512. The summed E-state index contributed by atoms with van der Waals surface area (Å²) in [5, 5.41) is 3.06. The number of nitrogens with one attached hydrogen (secondary N) is 1. The van der Waals surface area contributed by atoms with Gasteiger partial charge >= 0.3 is 0 Å². The van der Waals surface area contributed by atoms with Crippen molar-refractivity contribution < 1.29 is 4.79 Å². The Bertz CT molecular complexity index is 183. The lowest BCUT2D eigenvalue weighted by atomic mass is 9.85. The molecule has 1 saturated heterocycles. The van der Waals surface area contributed by atoms with Crippen LogP contribution in [0.2, 0.25) is 0 Å². The number of fused-ring (bicyclic) bond motifs is 1. The smallest absolute Gasteiger partial charge is 0.233 e. The van der Waals surface area contributed by atoms with Crippen molar-refractivity contribution in [3.63, 3.8) is 0 Å². The summed E-state index contributed by atoms with van der Waals surface area (Å²) >= 11 is 2.28. The SMILES string of the molecule is O=C1NC2CCCCC2C1I. The third-order valence-electron chi connectivity index (χ3n) is 2.77. The van der Waals surface area contributed by atoms with Crippen molar-refractivity contribution >= 4 is 28.5 Å². The molecule has 0 aromatic rings. The van der Waals surface area contributed by atoms with Gasteiger partial charge in [-0.2, -0.15) is 0 Å². The second-order valence-electron chi connectivity index (χ2n) is 3.47. The molecule has 2 nitrogen and oxygen atoms in total. The average molecular weight is 265 g/mol. The van der Waals surface area contributed by atoms with Gasteiger partial charge < -0.3 is 5.32 Å². The van der Waals surface area contributed by atoms with Crippen LogP contribution in [-0.4, -0.2) is 15.9 Å². The Morgan fingerprint density at radius 3 is 2.82 bits per heavy atom. The van der Waals surface area contributed by atoms with Crippen LogP contribution in [0.3, 0.4) is 0 Å². The molecule has 1 amide bonds. The van der Waals surface area contributed by atoms with Crippen molar-refractivity contribution in [3.05, 3.63) is 0 Å². The Morgan fingerprint density at radius 2 is 2.09 bits per heavy atom. The van der Waals surface area contributed by atoms with E-state index in [4.69, 9.17) is 0 Å². The summed E-state index contributed by atoms with van der Waals surface area (Å²) in [5.74, 6) is 0.902. The van der Waals surface area contributed by atoms with E-state index in [-0.39, 0.29) is 9.83 Å². The van der Waals surface area contributed by atoms with Gasteiger partial charge in [0.15, 0.2) is 0 Å². The summed E-state index contributed by atoms with van der Waals surface area (Å²) in [6.07, 6.45) is 5.06. The number of carbonyl (C=O) groups is 1. The molecular formula is C8H12INO. The molecule has 1 aliphatic carbocycles. The van der Waals surface area contributed by atoms with Crippen LogP contribution in [-0.2, 0) is 4.79 Å². The highest BCUT2D eigenvalue weighted by Gasteiger charge is 2.41. The highest BCUT2D eigenvalue weighted by Crippen LogP contribution is 2.35. The van der Waals surface area contributed by atoms with Gasteiger partial charge in [0.1, 0.15) is 0 Å². The highest BCUT2D eigenvalue weighted by atomic mass is 127. The van der Waals surface area contributed by atoms with E-state index in [1.807, 2.05) is 0 Å². The molecule has 0 aromatic carbocycles. The third kappa shape index (κ3) is 1.27. The van der Waals surface area contributed by atoms with Crippen molar-refractivity contribution in [2.75, 3.05) is 0 Å². The van der Waals surface area contributed by atoms with E-state index in [1.54, 1.807) is 0 Å². The number of carbonyl (C=O) groups excluding carboxylic acids is 1. The fourth-order valence-electron chi connectivity index (χ4n) is 2.15. The van der Waals surface area contributed by atoms with Crippen LogP contribution in [0.5, 0.6) is 0 Å². The lowest BCUT2D eigenvalue weighted by molar-refractivity contribution is -0.118. The molecule has 2 rings (SSSR count). The molecule has 3 unspecified atom stereocenters. The predicted molar refractivity (Wildman–Crippen MR) is 51.7 cm³/mol. The van der Waals surface area contributed by atoms with Gasteiger partial charge in [0.25, 0.3) is 0 Å². The average Bonchev–Trinajstić information content (AvgIpc) is 2.30. The summed E-state index contributed by atoms with van der Waals surface area (Å²) < 4.78 is 0.248. The summed E-state index contributed by atoms with van der Waals surface area (Å²) in [6.45, 7) is 0. The minimum Gasteiger partial charge on any atom is -0.352 e. The molecule has 11 heavy (non-hydrogen) atoms. The number of hydrogen-bond acceptors (Lipinski definition) is 1. The standard InChI is InChI=1S/C8H12INO/c9-7-5-3-1-2-4-6(5)10-8(7)11/h5-7H,1-4H2,(H,10,11). The van der Waals surface area contributed by atoms with Gasteiger partial charge in [-0.05, 0) is 18.8 Å². The number of hydrogen-bond donors (Lipinski definition) is 1. The Labute approximate surface area is 80.3 Å². The zero-order valence-electron chi connectivity index (χ0n) is 6.35. The second kappa shape index (κ2) is 2.92. The molecule has 0 bridgehead atoms. The van der Waals surface area contributed by atoms with Gasteiger partial charge in [-0.1, -0.05) is 35.4 Å². The molecule has 1 saturated carbocycles. The lowest BCUT2D eigenvalue weighted by Crippen LogP contribution is -2.31. The molecule has 0 aromatic heterocycles. The minimum absolute atomic E-state index is 0.248. The molecule has 2 fully saturated rings. The van der Waals surface area contributed by atoms with Crippen LogP contribution < -0.4 is 5.32 Å². The van der Waals surface area contributed by atoms with Crippen molar-refractivity contribution in [2.24, 2.45) is 5.92 Å². The zero-order valence-corrected chi connectivity index (χ0v) is 8.50. The normalized spacial score (nSPS) is 43.4. The van der Waals surface area contributed by atoms with Gasteiger partial charge in [0.05, 0.1) is 3.92 Å². The van der Waals surface area contributed by atoms with Gasteiger partial charge in [0.2, 0.25) is 5.91 Å². The van der Waals surface area contributed by atoms with E-state index in [2.05, 4.69) is 27.9 Å². The maximum Gasteiger partial charge on any atom is 0.233 e. The lowest BCUT2D eigenvalue weighted by Gasteiger charge is -2.24. The predicted octanol–water partition coefficient (Wildman–Crippen LogP) is 1.48. The van der Waals surface area contributed by atoms with Crippen molar-refractivity contribution in [2.45, 2.75) is 35.6 Å². The van der Waals surface area contributed by atoms with E-state index in [0.29, 0.717) is 12.0 Å². The largest absolute Gasteiger partial charge is 0.352 e. The van der Waals surface area contributed by atoms with Crippen LogP contribution >= 0.6 is 22.6 Å². The van der Waals surface area contributed by atoms with Crippen LogP contribution in [0.25, 0.3) is 0 Å². The monoisotopic (exact) mass is 265 g/mol. The summed E-state index contributed by atoms with van der Waals surface area (Å²) in [7, 11) is 0. The highest BCUT2D eigenvalue weighted by molar-refractivity contribution is 14.1. The van der Waals surface area contributed by atoms with Crippen LogP contribution in [0, 0.1) is 5.92 Å².